The van der Waals surface area contributed by atoms with Crippen LogP contribution in [-0.2, 0) is 9.53 Å². The standard InChI is InChI=1S/C24H42N4O2/c1-16-8-11-24(14-30-3)17(12-16)4-5-18-19-6-7-21(22(29)13-28(26)15-27-25)23(19,2)10-9-20(18)24/h15-21H,4-14,25-26H2,1-3H3/b27-15-. The van der Waals surface area contributed by atoms with E-state index < -0.39 is 0 Å². The summed E-state index contributed by atoms with van der Waals surface area (Å²) < 4.78 is 5.89. The molecular weight excluding hydrogens is 376 g/mol. The van der Waals surface area contributed by atoms with Crippen LogP contribution >= 0.6 is 0 Å². The molecule has 4 rings (SSSR count). The number of hydrogen-bond donors (Lipinski definition) is 2. The van der Waals surface area contributed by atoms with Crippen molar-refractivity contribution in [1.82, 2.24) is 5.01 Å². The molecule has 4 fully saturated rings. The van der Waals surface area contributed by atoms with Gasteiger partial charge in [-0.25, -0.2) is 5.84 Å². The molecule has 0 saturated heterocycles. The molecule has 170 valence electrons. The Morgan fingerprint density at radius 2 is 1.97 bits per heavy atom. The molecular formula is C24H42N4O2. The summed E-state index contributed by atoms with van der Waals surface area (Å²) >= 11 is 0. The van der Waals surface area contributed by atoms with Crippen LogP contribution in [0.4, 0.5) is 0 Å². The van der Waals surface area contributed by atoms with Gasteiger partial charge in [0.2, 0.25) is 0 Å². The van der Waals surface area contributed by atoms with Crippen molar-refractivity contribution in [2.45, 2.75) is 71.6 Å². The number of fused-ring (bicyclic) bond motifs is 5. The normalized spacial score (nSPS) is 45.6. The topological polar surface area (TPSA) is 93.9 Å². The maximum Gasteiger partial charge on any atom is 0.157 e. The lowest BCUT2D eigenvalue weighted by Gasteiger charge is -2.62. The number of hydrazone groups is 1. The van der Waals surface area contributed by atoms with Crippen molar-refractivity contribution in [3.63, 3.8) is 0 Å². The first-order valence-corrected chi connectivity index (χ1v) is 12.1. The van der Waals surface area contributed by atoms with E-state index in [4.69, 9.17) is 16.4 Å². The molecule has 0 aromatic rings. The van der Waals surface area contributed by atoms with Crippen molar-refractivity contribution in [3.05, 3.63) is 0 Å². The molecule has 0 spiro atoms. The van der Waals surface area contributed by atoms with Gasteiger partial charge in [0.1, 0.15) is 6.34 Å². The lowest BCUT2D eigenvalue weighted by Crippen LogP contribution is -2.56. The lowest BCUT2D eigenvalue weighted by molar-refractivity contribution is -0.154. The van der Waals surface area contributed by atoms with Gasteiger partial charge in [0, 0.05) is 13.0 Å². The number of ether oxygens (including phenoxy) is 1. The fourth-order valence-corrected chi connectivity index (χ4v) is 8.76. The number of nitrogens with two attached hydrogens (primary N) is 2. The van der Waals surface area contributed by atoms with E-state index in [9.17, 15) is 4.79 Å². The van der Waals surface area contributed by atoms with Gasteiger partial charge < -0.3 is 10.6 Å². The number of hydrogen-bond acceptors (Lipinski definition) is 5. The van der Waals surface area contributed by atoms with Crippen molar-refractivity contribution in [3.8, 4) is 0 Å². The number of carbonyl (C=O) groups is 1. The molecule has 4 N–H and O–H groups in total. The number of carbonyl (C=O) groups excluding carboxylic acids is 1. The average molecular weight is 419 g/mol. The Hall–Kier alpha value is -1.14. The summed E-state index contributed by atoms with van der Waals surface area (Å²) in [5.41, 5.74) is 0.487. The second-order valence-electron chi connectivity index (χ2n) is 11.3. The number of methoxy groups -OCH3 is 1. The maximum atomic E-state index is 13.1. The second kappa shape index (κ2) is 8.42. The zero-order chi connectivity index (χ0) is 21.5. The molecule has 0 radical (unpaired) electrons. The predicted octanol–water partition coefficient (Wildman–Crippen LogP) is 3.55. The summed E-state index contributed by atoms with van der Waals surface area (Å²) in [6.45, 7) is 5.97. The Morgan fingerprint density at radius 1 is 1.17 bits per heavy atom. The lowest BCUT2D eigenvalue weighted by atomic mass is 9.44. The third kappa shape index (κ3) is 3.48. The van der Waals surface area contributed by atoms with Gasteiger partial charge in [0.15, 0.2) is 5.78 Å². The van der Waals surface area contributed by atoms with Gasteiger partial charge in [-0.1, -0.05) is 20.3 Å². The number of ketones is 1. The van der Waals surface area contributed by atoms with Gasteiger partial charge in [0.25, 0.3) is 0 Å². The van der Waals surface area contributed by atoms with Crippen LogP contribution in [-0.4, -0.2) is 37.4 Å². The first-order valence-electron chi connectivity index (χ1n) is 12.1. The molecule has 8 atom stereocenters. The zero-order valence-electron chi connectivity index (χ0n) is 19.2. The first kappa shape index (κ1) is 22.1. The Kier molecular flexibility index (Phi) is 6.19. The summed E-state index contributed by atoms with van der Waals surface area (Å²) in [7, 11) is 1.90. The Labute approximate surface area is 182 Å². The smallest absolute Gasteiger partial charge is 0.157 e. The number of hydrazine groups is 1. The van der Waals surface area contributed by atoms with Gasteiger partial charge in [-0.2, -0.15) is 5.10 Å². The SMILES string of the molecule is COCC12CCC(C)CC1CCC1C3CCC(C(=O)CN(N)/C=N\N)C3(C)CCC12. The summed E-state index contributed by atoms with van der Waals surface area (Å²) in [5, 5.41) is 4.77. The predicted molar refractivity (Wildman–Crippen MR) is 119 cm³/mol. The van der Waals surface area contributed by atoms with Gasteiger partial charge in [-0.15, -0.1) is 0 Å². The number of rotatable bonds is 6. The van der Waals surface area contributed by atoms with Crippen LogP contribution in [0.15, 0.2) is 5.10 Å². The molecule has 4 aliphatic rings. The van der Waals surface area contributed by atoms with Crippen LogP contribution < -0.4 is 11.7 Å². The van der Waals surface area contributed by atoms with E-state index >= 15 is 0 Å². The maximum absolute atomic E-state index is 13.1. The van der Waals surface area contributed by atoms with E-state index in [2.05, 4.69) is 18.9 Å². The van der Waals surface area contributed by atoms with Crippen molar-refractivity contribution in [2.75, 3.05) is 20.3 Å². The van der Waals surface area contributed by atoms with Crippen LogP contribution in [0, 0.1) is 46.3 Å². The molecule has 6 nitrogen and oxygen atoms in total. The average Bonchev–Trinajstić information content (AvgIpc) is 3.06. The van der Waals surface area contributed by atoms with Gasteiger partial charge in [-0.05, 0) is 91.8 Å². The molecule has 0 aromatic carbocycles. The van der Waals surface area contributed by atoms with Crippen LogP contribution in [0.2, 0.25) is 0 Å². The molecule has 0 aromatic heterocycles. The Bertz CT molecular complexity index is 670. The zero-order valence-corrected chi connectivity index (χ0v) is 19.2. The monoisotopic (exact) mass is 418 g/mol. The molecule has 0 bridgehead atoms. The van der Waals surface area contributed by atoms with Crippen molar-refractivity contribution < 1.29 is 9.53 Å². The van der Waals surface area contributed by atoms with E-state index in [1.165, 1.54) is 62.7 Å². The van der Waals surface area contributed by atoms with Gasteiger partial charge in [0.05, 0.1) is 13.2 Å². The third-order valence-corrected chi connectivity index (χ3v) is 9.98. The van der Waals surface area contributed by atoms with Gasteiger partial charge in [-0.3, -0.25) is 9.80 Å². The quantitative estimate of drug-likeness (QED) is 0.298. The van der Waals surface area contributed by atoms with Crippen molar-refractivity contribution in [2.24, 2.45) is 63.1 Å². The second-order valence-corrected chi connectivity index (χ2v) is 11.3. The van der Waals surface area contributed by atoms with E-state index in [1.807, 2.05) is 7.11 Å². The third-order valence-electron chi connectivity index (χ3n) is 9.98. The fourth-order valence-electron chi connectivity index (χ4n) is 8.76. The summed E-state index contributed by atoms with van der Waals surface area (Å²) in [5.74, 6) is 15.3. The van der Waals surface area contributed by atoms with Crippen molar-refractivity contribution in [1.29, 1.82) is 0 Å². The highest BCUT2D eigenvalue weighted by Crippen LogP contribution is 2.68. The first-order chi connectivity index (χ1) is 14.4. The minimum Gasteiger partial charge on any atom is -0.384 e. The Morgan fingerprint density at radius 3 is 2.70 bits per heavy atom. The number of Topliss-reactive ketones (excluding diaryl/α,β-unsaturated/α-hetero) is 1. The minimum absolute atomic E-state index is 0.113. The molecule has 4 saturated carbocycles. The highest BCUT2D eigenvalue weighted by molar-refractivity contribution is 5.85. The fraction of sp³-hybridized carbons (Fsp3) is 0.917. The largest absolute Gasteiger partial charge is 0.384 e. The van der Waals surface area contributed by atoms with Crippen LogP contribution in [0.1, 0.15) is 71.6 Å². The van der Waals surface area contributed by atoms with Gasteiger partial charge >= 0.3 is 0 Å². The van der Waals surface area contributed by atoms with E-state index in [0.717, 1.165) is 36.7 Å². The summed E-state index contributed by atoms with van der Waals surface area (Å²) in [4.78, 5) is 13.1. The number of nitrogens with zero attached hydrogens (tertiary/aromatic N) is 2. The molecule has 8 unspecified atom stereocenters. The molecule has 6 heteroatoms. The molecule has 0 aliphatic heterocycles. The van der Waals surface area contributed by atoms with Crippen molar-refractivity contribution >= 4 is 12.1 Å². The van der Waals surface area contributed by atoms with Crippen LogP contribution in [0.3, 0.4) is 0 Å². The molecule has 0 heterocycles. The Balaban J connectivity index is 1.55. The highest BCUT2D eigenvalue weighted by Gasteiger charge is 2.62. The van der Waals surface area contributed by atoms with Crippen LogP contribution in [0.25, 0.3) is 0 Å². The van der Waals surface area contributed by atoms with E-state index in [-0.39, 0.29) is 23.7 Å². The summed E-state index contributed by atoms with van der Waals surface area (Å²) in [6.07, 6.45) is 12.7. The molecule has 30 heavy (non-hydrogen) atoms. The van der Waals surface area contributed by atoms with E-state index in [0.29, 0.717) is 11.3 Å². The molecule has 0 amide bonds. The van der Waals surface area contributed by atoms with Crippen LogP contribution in [0.5, 0.6) is 0 Å². The minimum atomic E-state index is 0.113. The highest BCUT2D eigenvalue weighted by atomic mass is 16.5. The summed E-state index contributed by atoms with van der Waals surface area (Å²) in [6, 6.07) is 0. The van der Waals surface area contributed by atoms with E-state index in [1.54, 1.807) is 0 Å². The molecule has 4 aliphatic carbocycles.